The van der Waals surface area contributed by atoms with Gasteiger partial charge in [0.1, 0.15) is 4.21 Å². The quantitative estimate of drug-likeness (QED) is 0.733. The third-order valence-electron chi connectivity index (χ3n) is 4.59. The number of amides is 1. The van der Waals surface area contributed by atoms with Crippen LogP contribution in [0.3, 0.4) is 0 Å². The molecule has 1 aromatic rings. The van der Waals surface area contributed by atoms with Gasteiger partial charge in [-0.25, -0.2) is 8.42 Å². The Morgan fingerprint density at radius 2 is 1.81 bits per heavy atom. The lowest BCUT2D eigenvalue weighted by molar-refractivity contribution is -0.137. The number of halogens is 1. The number of thiophene rings is 1. The predicted octanol–water partition coefficient (Wildman–Crippen LogP) is 1.34. The van der Waals surface area contributed by atoms with Gasteiger partial charge in [0.15, 0.2) is 0 Å². The third kappa shape index (κ3) is 4.58. The second kappa shape index (κ2) is 8.12. The van der Waals surface area contributed by atoms with Gasteiger partial charge in [-0.1, -0.05) is 11.6 Å². The van der Waals surface area contributed by atoms with Gasteiger partial charge in [0.2, 0.25) is 5.91 Å². The largest absolute Gasteiger partial charge is 0.373 e. The van der Waals surface area contributed by atoms with E-state index in [9.17, 15) is 13.2 Å². The first-order valence-corrected chi connectivity index (χ1v) is 11.3. The van der Waals surface area contributed by atoms with E-state index in [4.69, 9.17) is 16.3 Å². The standard InChI is InChI=1S/C16H24ClN3O4S2/c1-12-9-18(10-13(2)24-12)11-15(21)19-5-7-20(8-6-19)26(22,23)16-4-3-14(17)25-16/h3-4,12-13H,5-11H2,1-2H3/t12-,13+. The summed E-state index contributed by atoms with van der Waals surface area (Å²) in [5.41, 5.74) is 0. The Hall–Kier alpha value is -0.710. The van der Waals surface area contributed by atoms with Crippen LogP contribution >= 0.6 is 22.9 Å². The van der Waals surface area contributed by atoms with E-state index in [1.54, 1.807) is 11.0 Å². The van der Waals surface area contributed by atoms with E-state index in [-0.39, 0.29) is 22.3 Å². The summed E-state index contributed by atoms with van der Waals surface area (Å²) in [6.07, 6.45) is 0.234. The second-order valence-corrected chi connectivity index (χ2v) is 10.7. The summed E-state index contributed by atoms with van der Waals surface area (Å²) in [5.74, 6) is 0.0440. The van der Waals surface area contributed by atoms with Gasteiger partial charge in [-0.15, -0.1) is 11.3 Å². The first-order valence-electron chi connectivity index (χ1n) is 8.67. The molecule has 0 aromatic carbocycles. The highest BCUT2D eigenvalue weighted by Gasteiger charge is 2.32. The second-order valence-electron chi connectivity index (χ2n) is 6.79. The summed E-state index contributed by atoms with van der Waals surface area (Å²) in [5, 5.41) is 0. The number of piperazine rings is 1. The van der Waals surface area contributed by atoms with Crippen LogP contribution in [-0.4, -0.2) is 86.5 Å². The SMILES string of the molecule is C[C@@H]1CN(CC(=O)N2CCN(S(=O)(=O)c3ccc(Cl)s3)CC2)C[C@H](C)O1. The molecule has 26 heavy (non-hydrogen) atoms. The molecule has 0 spiro atoms. The molecule has 0 bridgehead atoms. The fourth-order valence-corrected chi connectivity index (χ4v) is 6.51. The van der Waals surface area contributed by atoms with Crippen LogP contribution < -0.4 is 0 Å². The van der Waals surface area contributed by atoms with Crippen molar-refractivity contribution >= 4 is 38.9 Å². The molecule has 10 heteroatoms. The van der Waals surface area contributed by atoms with Crippen LogP contribution in [0.4, 0.5) is 0 Å². The van der Waals surface area contributed by atoms with Crippen molar-refractivity contribution in [3.8, 4) is 0 Å². The Kier molecular flexibility index (Phi) is 6.25. The Morgan fingerprint density at radius 3 is 2.35 bits per heavy atom. The van der Waals surface area contributed by atoms with Gasteiger partial charge < -0.3 is 9.64 Å². The van der Waals surface area contributed by atoms with Gasteiger partial charge in [0, 0.05) is 39.3 Å². The molecule has 7 nitrogen and oxygen atoms in total. The molecule has 1 aromatic heterocycles. The third-order valence-corrected chi connectivity index (χ3v) is 8.19. The molecule has 3 heterocycles. The molecule has 1 amide bonds. The minimum absolute atomic E-state index is 0.0440. The molecular formula is C16H24ClN3O4S2. The number of hydrogen-bond acceptors (Lipinski definition) is 6. The van der Waals surface area contributed by atoms with Gasteiger partial charge in [-0.05, 0) is 26.0 Å². The zero-order chi connectivity index (χ0) is 18.9. The van der Waals surface area contributed by atoms with E-state index in [0.29, 0.717) is 37.1 Å². The molecule has 2 aliphatic rings. The highest BCUT2D eigenvalue weighted by atomic mass is 35.5. The molecule has 3 rings (SSSR count). The summed E-state index contributed by atoms with van der Waals surface area (Å²) in [7, 11) is -3.53. The van der Waals surface area contributed by atoms with Gasteiger partial charge in [0.05, 0.1) is 23.1 Å². The number of hydrogen-bond donors (Lipinski definition) is 0. The fraction of sp³-hybridized carbons (Fsp3) is 0.688. The molecule has 2 fully saturated rings. The van der Waals surface area contributed by atoms with E-state index in [0.717, 1.165) is 24.4 Å². The lowest BCUT2D eigenvalue weighted by Gasteiger charge is -2.38. The molecule has 2 saturated heterocycles. The average Bonchev–Trinajstić information content (AvgIpc) is 3.01. The minimum Gasteiger partial charge on any atom is -0.373 e. The smallest absolute Gasteiger partial charge is 0.252 e. The van der Waals surface area contributed by atoms with E-state index in [1.807, 2.05) is 13.8 Å². The monoisotopic (exact) mass is 421 g/mol. The number of sulfonamides is 1. The highest BCUT2D eigenvalue weighted by molar-refractivity contribution is 7.91. The number of carbonyl (C=O) groups excluding carboxylic acids is 1. The molecule has 0 unspecified atom stereocenters. The Labute approximate surface area is 163 Å². The van der Waals surface area contributed by atoms with Crippen LogP contribution in [0.15, 0.2) is 16.3 Å². The van der Waals surface area contributed by atoms with E-state index >= 15 is 0 Å². The maximum Gasteiger partial charge on any atom is 0.252 e. The summed E-state index contributed by atoms with van der Waals surface area (Å²) in [6, 6.07) is 3.11. The molecule has 0 aliphatic carbocycles. The predicted molar refractivity (Wildman–Crippen MR) is 101 cm³/mol. The topological polar surface area (TPSA) is 70.2 Å². The van der Waals surface area contributed by atoms with E-state index in [2.05, 4.69) is 4.90 Å². The first-order chi connectivity index (χ1) is 12.3. The van der Waals surface area contributed by atoms with Crippen LogP contribution in [0.1, 0.15) is 13.8 Å². The minimum atomic E-state index is -3.53. The van der Waals surface area contributed by atoms with Crippen molar-refractivity contribution in [2.75, 3.05) is 45.8 Å². The fourth-order valence-electron chi connectivity index (χ4n) is 3.45. The number of nitrogens with zero attached hydrogens (tertiary/aromatic N) is 3. The van der Waals surface area contributed by atoms with Crippen LogP contribution in [-0.2, 0) is 19.6 Å². The highest BCUT2D eigenvalue weighted by Crippen LogP contribution is 2.28. The lowest BCUT2D eigenvalue weighted by atomic mass is 10.2. The zero-order valence-electron chi connectivity index (χ0n) is 14.9. The van der Waals surface area contributed by atoms with Crippen LogP contribution in [0.5, 0.6) is 0 Å². The van der Waals surface area contributed by atoms with Crippen LogP contribution in [0, 0.1) is 0 Å². The molecule has 2 aliphatic heterocycles. The molecule has 0 saturated carbocycles. The first kappa shape index (κ1) is 20.0. The van der Waals surface area contributed by atoms with E-state index < -0.39 is 10.0 Å². The molecule has 146 valence electrons. The van der Waals surface area contributed by atoms with Gasteiger partial charge in [-0.3, -0.25) is 9.69 Å². The Balaban J connectivity index is 1.54. The summed E-state index contributed by atoms with van der Waals surface area (Å²) in [4.78, 5) is 16.4. The van der Waals surface area contributed by atoms with Crippen molar-refractivity contribution in [1.29, 1.82) is 0 Å². The van der Waals surface area contributed by atoms with Gasteiger partial charge in [0.25, 0.3) is 10.0 Å². The number of morpholine rings is 1. The molecule has 2 atom stereocenters. The molecule has 0 radical (unpaired) electrons. The van der Waals surface area contributed by atoms with Crippen molar-refractivity contribution < 1.29 is 17.9 Å². The zero-order valence-corrected chi connectivity index (χ0v) is 17.3. The number of rotatable bonds is 4. The summed E-state index contributed by atoms with van der Waals surface area (Å²) >= 11 is 6.91. The van der Waals surface area contributed by atoms with E-state index in [1.165, 1.54) is 10.4 Å². The maximum atomic E-state index is 12.6. The van der Waals surface area contributed by atoms with Crippen LogP contribution in [0.25, 0.3) is 0 Å². The number of ether oxygens (including phenoxy) is 1. The van der Waals surface area contributed by atoms with Crippen molar-refractivity contribution in [2.24, 2.45) is 0 Å². The lowest BCUT2D eigenvalue weighted by Crippen LogP contribution is -2.54. The van der Waals surface area contributed by atoms with Crippen molar-refractivity contribution in [3.63, 3.8) is 0 Å². The van der Waals surface area contributed by atoms with Crippen molar-refractivity contribution in [1.82, 2.24) is 14.1 Å². The molecular weight excluding hydrogens is 398 g/mol. The maximum absolute atomic E-state index is 12.6. The van der Waals surface area contributed by atoms with Crippen LogP contribution in [0.2, 0.25) is 4.34 Å². The van der Waals surface area contributed by atoms with Gasteiger partial charge >= 0.3 is 0 Å². The normalized spacial score (nSPS) is 26.2. The number of carbonyl (C=O) groups is 1. The Morgan fingerprint density at radius 1 is 1.19 bits per heavy atom. The molecule has 0 N–H and O–H groups in total. The van der Waals surface area contributed by atoms with Gasteiger partial charge in [-0.2, -0.15) is 4.31 Å². The summed E-state index contributed by atoms with van der Waals surface area (Å²) < 4.78 is 33.1. The van der Waals surface area contributed by atoms with Crippen molar-refractivity contribution in [3.05, 3.63) is 16.5 Å². The Bertz CT molecular complexity index is 736. The van der Waals surface area contributed by atoms with Crippen molar-refractivity contribution in [2.45, 2.75) is 30.3 Å². The summed E-state index contributed by atoms with van der Waals surface area (Å²) in [6.45, 7) is 7.28. The average molecular weight is 422 g/mol.